The van der Waals surface area contributed by atoms with Crippen molar-refractivity contribution in [1.29, 1.82) is 0 Å². The summed E-state index contributed by atoms with van der Waals surface area (Å²) in [4.78, 5) is 27.2. The number of thiazole rings is 1. The maximum absolute atomic E-state index is 12.1. The Morgan fingerprint density at radius 1 is 1.24 bits per heavy atom. The van der Waals surface area contributed by atoms with Gasteiger partial charge < -0.3 is 4.74 Å². The molecule has 3 aromatic rings. The van der Waals surface area contributed by atoms with Gasteiger partial charge >= 0.3 is 5.97 Å². The first kappa shape index (κ1) is 20.7. The molecule has 1 heterocycles. The lowest BCUT2D eigenvalue weighted by atomic mass is 10.1. The molecule has 29 heavy (non-hydrogen) atoms. The van der Waals surface area contributed by atoms with Gasteiger partial charge in [-0.3, -0.25) is 15.5 Å². The van der Waals surface area contributed by atoms with Crippen LogP contribution in [0, 0.1) is 10.1 Å². The molecule has 0 amide bonds. The average Bonchev–Trinajstić information content (AvgIpc) is 3.19. The van der Waals surface area contributed by atoms with Crippen molar-refractivity contribution in [3.8, 4) is 11.3 Å². The van der Waals surface area contributed by atoms with Crippen LogP contribution in [0.1, 0.15) is 5.56 Å². The number of hydrogen-bond acceptors (Lipinski definition) is 8. The van der Waals surface area contributed by atoms with Crippen molar-refractivity contribution in [2.24, 2.45) is 5.10 Å². The van der Waals surface area contributed by atoms with Crippen LogP contribution >= 0.6 is 34.5 Å². The average molecular weight is 451 g/mol. The lowest BCUT2D eigenvalue weighted by molar-refractivity contribution is -0.385. The fraction of sp³-hybridized carbons (Fsp3) is 0.0556. The van der Waals surface area contributed by atoms with Crippen molar-refractivity contribution < 1.29 is 14.5 Å². The number of rotatable bonds is 6. The summed E-state index contributed by atoms with van der Waals surface area (Å²) in [5.74, 6) is -0.826. The first-order valence-corrected chi connectivity index (χ1v) is 9.61. The molecule has 3 rings (SSSR count). The van der Waals surface area contributed by atoms with Crippen LogP contribution in [0.25, 0.3) is 11.3 Å². The van der Waals surface area contributed by atoms with Crippen LogP contribution in [-0.2, 0) is 9.53 Å². The highest BCUT2D eigenvalue weighted by atomic mass is 35.5. The first-order valence-electron chi connectivity index (χ1n) is 7.97. The number of hydrogen-bond donors (Lipinski definition) is 1. The second-order valence-electron chi connectivity index (χ2n) is 5.50. The Morgan fingerprint density at radius 3 is 2.69 bits per heavy atom. The highest BCUT2D eigenvalue weighted by Crippen LogP contribution is 2.30. The molecule has 1 N–H and O–H groups in total. The molecule has 0 aliphatic rings. The molecule has 0 aliphatic carbocycles. The van der Waals surface area contributed by atoms with Gasteiger partial charge in [-0.2, -0.15) is 5.10 Å². The number of nitrogens with zero attached hydrogens (tertiary/aromatic N) is 3. The summed E-state index contributed by atoms with van der Waals surface area (Å²) in [7, 11) is 1.17. The van der Waals surface area contributed by atoms with Crippen molar-refractivity contribution in [2.45, 2.75) is 0 Å². The standard InChI is InChI=1S/C18H12Cl2N4O4S/c1-28-17(25)16(11-4-2-3-5-15(11)24(26)27)22-23-18-21-14(9-29-18)10-6-7-12(19)13(20)8-10/h2-9H,1H3,(H,21,23)/b22-16-. The number of hydrazone groups is 1. The Kier molecular flexibility index (Phi) is 6.42. The Morgan fingerprint density at radius 2 is 2.00 bits per heavy atom. The Hall–Kier alpha value is -3.01. The van der Waals surface area contributed by atoms with Gasteiger partial charge in [-0.25, -0.2) is 9.78 Å². The van der Waals surface area contributed by atoms with Gasteiger partial charge in [-0.05, 0) is 18.2 Å². The minimum absolute atomic E-state index is 0.0260. The molecule has 0 saturated heterocycles. The number of methoxy groups -OCH3 is 1. The molecule has 0 aliphatic heterocycles. The van der Waals surface area contributed by atoms with E-state index < -0.39 is 10.9 Å². The van der Waals surface area contributed by atoms with E-state index in [1.807, 2.05) is 0 Å². The van der Waals surface area contributed by atoms with Gasteiger partial charge in [0.05, 0.1) is 33.3 Å². The monoisotopic (exact) mass is 450 g/mol. The Labute approximate surface area is 178 Å². The van der Waals surface area contributed by atoms with Crippen LogP contribution in [0.2, 0.25) is 10.0 Å². The zero-order valence-electron chi connectivity index (χ0n) is 14.8. The van der Waals surface area contributed by atoms with E-state index in [0.717, 1.165) is 5.56 Å². The van der Waals surface area contributed by atoms with E-state index in [0.29, 0.717) is 20.9 Å². The van der Waals surface area contributed by atoms with Crippen LogP contribution in [0.5, 0.6) is 0 Å². The van der Waals surface area contributed by atoms with E-state index >= 15 is 0 Å². The van der Waals surface area contributed by atoms with E-state index in [9.17, 15) is 14.9 Å². The van der Waals surface area contributed by atoms with Gasteiger partial charge in [0.15, 0.2) is 5.71 Å². The van der Waals surface area contributed by atoms with Crippen molar-refractivity contribution >= 4 is 57.0 Å². The molecule has 2 aromatic carbocycles. The SMILES string of the molecule is COC(=O)/C(=N\Nc1nc(-c2ccc(Cl)c(Cl)c2)cs1)c1ccccc1[N+](=O)[O-]. The van der Waals surface area contributed by atoms with Crippen molar-refractivity contribution in [3.63, 3.8) is 0 Å². The van der Waals surface area contributed by atoms with E-state index in [4.69, 9.17) is 27.9 Å². The molecule has 8 nitrogen and oxygen atoms in total. The molecule has 11 heteroatoms. The highest BCUT2D eigenvalue weighted by molar-refractivity contribution is 7.14. The van der Waals surface area contributed by atoms with Gasteiger partial charge in [0.2, 0.25) is 5.13 Å². The zero-order valence-corrected chi connectivity index (χ0v) is 17.1. The van der Waals surface area contributed by atoms with Gasteiger partial charge in [0.1, 0.15) is 0 Å². The Bertz CT molecular complexity index is 1120. The summed E-state index contributed by atoms with van der Waals surface area (Å²) in [6, 6.07) is 10.9. The third kappa shape index (κ3) is 4.70. The minimum atomic E-state index is -0.826. The second kappa shape index (κ2) is 8.99. The number of carbonyl (C=O) groups is 1. The maximum Gasteiger partial charge on any atom is 0.359 e. The summed E-state index contributed by atoms with van der Waals surface area (Å²) in [5.41, 5.74) is 3.54. The molecule has 148 valence electrons. The molecular formula is C18H12Cl2N4O4S. The van der Waals surface area contributed by atoms with E-state index in [1.54, 1.807) is 29.6 Å². The molecule has 0 unspecified atom stereocenters. The molecule has 0 saturated carbocycles. The van der Waals surface area contributed by atoms with E-state index in [2.05, 4.69) is 15.5 Å². The number of esters is 1. The van der Waals surface area contributed by atoms with Crippen molar-refractivity contribution in [3.05, 3.63) is 73.6 Å². The number of aromatic nitrogens is 1. The minimum Gasteiger partial charge on any atom is -0.464 e. The largest absolute Gasteiger partial charge is 0.464 e. The molecule has 0 radical (unpaired) electrons. The summed E-state index contributed by atoms with van der Waals surface area (Å²) >= 11 is 13.2. The molecule has 1 aromatic heterocycles. The molecule has 0 fully saturated rings. The highest BCUT2D eigenvalue weighted by Gasteiger charge is 2.24. The van der Waals surface area contributed by atoms with E-state index in [1.165, 1.54) is 36.6 Å². The fourth-order valence-electron chi connectivity index (χ4n) is 2.36. The molecule has 0 spiro atoms. The number of para-hydroxylation sites is 1. The quantitative estimate of drug-likeness (QED) is 0.244. The van der Waals surface area contributed by atoms with Gasteiger partial charge in [-0.1, -0.05) is 41.4 Å². The van der Waals surface area contributed by atoms with Crippen molar-refractivity contribution in [2.75, 3.05) is 12.5 Å². The third-order valence-corrected chi connectivity index (χ3v) is 5.20. The number of benzene rings is 2. The zero-order chi connectivity index (χ0) is 21.0. The number of carbonyl (C=O) groups excluding carboxylic acids is 1. The van der Waals surface area contributed by atoms with E-state index in [-0.39, 0.29) is 17.0 Å². The predicted molar refractivity (Wildman–Crippen MR) is 113 cm³/mol. The lowest BCUT2D eigenvalue weighted by Crippen LogP contribution is -2.20. The number of nitro benzene ring substituents is 1. The number of ether oxygens (including phenoxy) is 1. The lowest BCUT2D eigenvalue weighted by Gasteiger charge is -2.05. The Balaban J connectivity index is 1.91. The maximum atomic E-state index is 12.1. The molecular weight excluding hydrogens is 439 g/mol. The molecule has 0 bridgehead atoms. The normalized spacial score (nSPS) is 11.2. The number of nitro groups is 1. The fourth-order valence-corrected chi connectivity index (χ4v) is 3.32. The van der Waals surface area contributed by atoms with Crippen LogP contribution in [0.4, 0.5) is 10.8 Å². The summed E-state index contributed by atoms with van der Waals surface area (Å²) in [6.07, 6.45) is 0. The van der Waals surface area contributed by atoms with Crippen LogP contribution in [-0.4, -0.2) is 28.7 Å². The summed E-state index contributed by atoms with van der Waals surface area (Å²) in [6.45, 7) is 0. The molecule has 0 atom stereocenters. The summed E-state index contributed by atoms with van der Waals surface area (Å²) in [5, 5.41) is 18.2. The first-order chi connectivity index (χ1) is 13.9. The smallest absolute Gasteiger partial charge is 0.359 e. The predicted octanol–water partition coefficient (Wildman–Crippen LogP) is 5.01. The second-order valence-corrected chi connectivity index (χ2v) is 7.18. The van der Waals surface area contributed by atoms with Gasteiger partial charge in [0.25, 0.3) is 5.69 Å². The van der Waals surface area contributed by atoms with Crippen molar-refractivity contribution in [1.82, 2.24) is 4.98 Å². The van der Waals surface area contributed by atoms with Gasteiger partial charge in [0, 0.05) is 17.0 Å². The number of anilines is 1. The van der Waals surface area contributed by atoms with Crippen LogP contribution in [0.3, 0.4) is 0 Å². The van der Waals surface area contributed by atoms with Gasteiger partial charge in [-0.15, -0.1) is 11.3 Å². The van der Waals surface area contributed by atoms with Crippen LogP contribution in [0.15, 0.2) is 52.9 Å². The van der Waals surface area contributed by atoms with Crippen LogP contribution < -0.4 is 5.43 Å². The topological polar surface area (TPSA) is 107 Å². The number of nitrogens with one attached hydrogen (secondary N) is 1. The number of halogens is 2. The summed E-state index contributed by atoms with van der Waals surface area (Å²) < 4.78 is 4.71. The third-order valence-electron chi connectivity index (χ3n) is 3.72.